The summed E-state index contributed by atoms with van der Waals surface area (Å²) in [5, 5.41) is 0. The molecule has 0 amide bonds. The molecule has 0 saturated carbocycles. The minimum absolute atomic E-state index is 0.586. The Bertz CT molecular complexity index is 522. The van der Waals surface area contributed by atoms with Crippen LogP contribution in [0.1, 0.15) is 29.5 Å². The molecule has 2 nitrogen and oxygen atoms in total. The van der Waals surface area contributed by atoms with Gasteiger partial charge in [0.05, 0.1) is 6.61 Å². The van der Waals surface area contributed by atoms with Crippen LogP contribution in [0.25, 0.3) is 0 Å². The van der Waals surface area contributed by atoms with E-state index in [1.807, 2.05) is 6.07 Å². The van der Waals surface area contributed by atoms with Gasteiger partial charge in [0, 0.05) is 6.54 Å². The number of unbranched alkanes of at least 4 members (excludes halogenated alkanes) is 1. The first-order valence-electron chi connectivity index (χ1n) is 7.26. The fraction of sp³-hybridized carbons (Fsp3) is 0.333. The van der Waals surface area contributed by atoms with Gasteiger partial charge in [-0.05, 0) is 55.0 Å². The van der Waals surface area contributed by atoms with E-state index in [0.717, 1.165) is 31.6 Å². The molecule has 0 heterocycles. The van der Waals surface area contributed by atoms with Crippen LogP contribution in [0.4, 0.5) is 0 Å². The van der Waals surface area contributed by atoms with Gasteiger partial charge in [-0.3, -0.25) is 0 Å². The second-order valence-electron chi connectivity index (χ2n) is 5.08. The Hall–Kier alpha value is -1.80. The fourth-order valence-electron chi connectivity index (χ4n) is 2.25. The van der Waals surface area contributed by atoms with Crippen LogP contribution in [0.3, 0.4) is 0 Å². The van der Waals surface area contributed by atoms with E-state index in [9.17, 15) is 0 Å². The second kappa shape index (κ2) is 7.71. The number of nitrogens with two attached hydrogens (primary N) is 1. The van der Waals surface area contributed by atoms with Crippen LogP contribution in [0.15, 0.2) is 48.5 Å². The Morgan fingerprint density at radius 1 is 1.00 bits per heavy atom. The number of benzene rings is 2. The van der Waals surface area contributed by atoms with Crippen molar-refractivity contribution in [2.24, 2.45) is 5.73 Å². The molecule has 2 heteroatoms. The molecule has 106 valence electrons. The molecule has 0 atom stereocenters. The summed E-state index contributed by atoms with van der Waals surface area (Å²) in [6.45, 7) is 3.43. The molecule has 20 heavy (non-hydrogen) atoms. The molecule has 0 aliphatic rings. The Labute approximate surface area is 121 Å². The summed E-state index contributed by atoms with van der Waals surface area (Å²) in [5.74, 6) is 0.944. The van der Waals surface area contributed by atoms with Crippen molar-refractivity contribution in [1.82, 2.24) is 0 Å². The van der Waals surface area contributed by atoms with Crippen molar-refractivity contribution < 1.29 is 4.74 Å². The normalized spacial score (nSPS) is 10.5. The van der Waals surface area contributed by atoms with Crippen molar-refractivity contribution in [2.45, 2.75) is 32.7 Å². The van der Waals surface area contributed by atoms with Gasteiger partial charge in [0.25, 0.3) is 0 Å². The monoisotopic (exact) mass is 269 g/mol. The van der Waals surface area contributed by atoms with E-state index < -0.39 is 0 Å². The van der Waals surface area contributed by atoms with Gasteiger partial charge in [-0.15, -0.1) is 0 Å². The third-order valence-corrected chi connectivity index (χ3v) is 3.51. The van der Waals surface area contributed by atoms with E-state index in [4.69, 9.17) is 10.5 Å². The maximum Gasteiger partial charge on any atom is 0.119 e. The molecule has 0 aliphatic heterocycles. The minimum Gasteiger partial charge on any atom is -0.494 e. The third-order valence-electron chi connectivity index (χ3n) is 3.51. The van der Waals surface area contributed by atoms with E-state index in [2.05, 4.69) is 49.4 Å². The van der Waals surface area contributed by atoms with E-state index in [0.29, 0.717) is 6.54 Å². The van der Waals surface area contributed by atoms with Gasteiger partial charge >= 0.3 is 0 Å². The molecule has 0 aromatic heterocycles. The lowest BCUT2D eigenvalue weighted by atomic mass is 10.1. The molecule has 2 N–H and O–H groups in total. The Kier molecular flexibility index (Phi) is 5.63. The van der Waals surface area contributed by atoms with Crippen molar-refractivity contribution >= 4 is 0 Å². The molecule has 2 rings (SSSR count). The zero-order valence-corrected chi connectivity index (χ0v) is 12.1. The van der Waals surface area contributed by atoms with Crippen LogP contribution in [-0.2, 0) is 13.0 Å². The van der Waals surface area contributed by atoms with Crippen LogP contribution in [0.2, 0.25) is 0 Å². The maximum atomic E-state index is 5.78. The summed E-state index contributed by atoms with van der Waals surface area (Å²) < 4.78 is 5.78. The summed E-state index contributed by atoms with van der Waals surface area (Å²) >= 11 is 0. The highest BCUT2D eigenvalue weighted by atomic mass is 16.5. The number of aryl methyl sites for hydroxylation is 2. The zero-order chi connectivity index (χ0) is 14.2. The van der Waals surface area contributed by atoms with Crippen molar-refractivity contribution in [3.8, 4) is 5.75 Å². The van der Waals surface area contributed by atoms with Crippen molar-refractivity contribution in [2.75, 3.05) is 6.61 Å². The van der Waals surface area contributed by atoms with Crippen molar-refractivity contribution in [3.05, 3.63) is 65.2 Å². The lowest BCUT2D eigenvalue weighted by molar-refractivity contribution is 0.306. The average molecular weight is 269 g/mol. The molecule has 2 aromatic carbocycles. The number of ether oxygens (including phenoxy) is 1. The standard InChI is InChI=1S/C18H23NO/c1-15-13-18(11-10-17(15)14-19)20-12-6-5-9-16-7-3-2-4-8-16/h2-4,7-8,10-11,13H,5-6,9,12,14,19H2,1H3. The van der Waals surface area contributed by atoms with Crippen LogP contribution in [-0.4, -0.2) is 6.61 Å². The Morgan fingerprint density at radius 2 is 1.80 bits per heavy atom. The SMILES string of the molecule is Cc1cc(OCCCCc2ccccc2)ccc1CN. The average Bonchev–Trinajstić information content (AvgIpc) is 2.48. The van der Waals surface area contributed by atoms with Gasteiger partial charge in [0.2, 0.25) is 0 Å². The summed E-state index contributed by atoms with van der Waals surface area (Å²) in [4.78, 5) is 0. The highest BCUT2D eigenvalue weighted by Crippen LogP contribution is 2.17. The lowest BCUT2D eigenvalue weighted by Gasteiger charge is -2.09. The van der Waals surface area contributed by atoms with Gasteiger partial charge in [-0.25, -0.2) is 0 Å². The van der Waals surface area contributed by atoms with Gasteiger partial charge in [0.1, 0.15) is 5.75 Å². The molecule has 0 aliphatic carbocycles. The molecule has 2 aromatic rings. The Morgan fingerprint density at radius 3 is 2.50 bits per heavy atom. The van der Waals surface area contributed by atoms with E-state index in [1.54, 1.807) is 0 Å². The lowest BCUT2D eigenvalue weighted by Crippen LogP contribution is -2.01. The van der Waals surface area contributed by atoms with E-state index in [1.165, 1.54) is 16.7 Å². The van der Waals surface area contributed by atoms with Crippen LogP contribution < -0.4 is 10.5 Å². The van der Waals surface area contributed by atoms with Gasteiger partial charge < -0.3 is 10.5 Å². The molecular formula is C18H23NO. The number of hydrogen-bond acceptors (Lipinski definition) is 2. The summed E-state index contributed by atoms with van der Waals surface area (Å²) in [7, 11) is 0. The second-order valence-corrected chi connectivity index (χ2v) is 5.08. The van der Waals surface area contributed by atoms with Gasteiger partial charge in [-0.2, -0.15) is 0 Å². The zero-order valence-electron chi connectivity index (χ0n) is 12.1. The number of rotatable bonds is 7. The summed E-state index contributed by atoms with van der Waals surface area (Å²) in [6.07, 6.45) is 3.35. The summed E-state index contributed by atoms with van der Waals surface area (Å²) in [6, 6.07) is 16.7. The largest absolute Gasteiger partial charge is 0.494 e. The summed E-state index contributed by atoms with van der Waals surface area (Å²) in [5.41, 5.74) is 9.44. The first kappa shape index (κ1) is 14.6. The van der Waals surface area contributed by atoms with E-state index >= 15 is 0 Å². The first-order chi connectivity index (χ1) is 9.79. The highest BCUT2D eigenvalue weighted by molar-refractivity contribution is 5.34. The molecule has 0 bridgehead atoms. The number of hydrogen-bond donors (Lipinski definition) is 1. The van der Waals surface area contributed by atoms with Crippen LogP contribution in [0, 0.1) is 6.92 Å². The van der Waals surface area contributed by atoms with Crippen molar-refractivity contribution in [3.63, 3.8) is 0 Å². The highest BCUT2D eigenvalue weighted by Gasteiger charge is 1.99. The predicted molar refractivity (Wildman–Crippen MR) is 83.9 cm³/mol. The quantitative estimate of drug-likeness (QED) is 0.775. The van der Waals surface area contributed by atoms with Gasteiger partial charge in [-0.1, -0.05) is 36.4 Å². The van der Waals surface area contributed by atoms with E-state index in [-0.39, 0.29) is 0 Å². The molecule has 0 radical (unpaired) electrons. The van der Waals surface area contributed by atoms with Crippen molar-refractivity contribution in [1.29, 1.82) is 0 Å². The topological polar surface area (TPSA) is 35.2 Å². The molecule has 0 spiro atoms. The first-order valence-corrected chi connectivity index (χ1v) is 7.26. The minimum atomic E-state index is 0.586. The van der Waals surface area contributed by atoms with Crippen LogP contribution >= 0.6 is 0 Å². The van der Waals surface area contributed by atoms with Gasteiger partial charge in [0.15, 0.2) is 0 Å². The third kappa shape index (κ3) is 4.39. The Balaban J connectivity index is 1.69. The maximum absolute atomic E-state index is 5.78. The predicted octanol–water partition coefficient (Wildman–Crippen LogP) is 3.86. The fourth-order valence-corrected chi connectivity index (χ4v) is 2.25. The molecular weight excluding hydrogens is 246 g/mol. The molecule has 0 saturated heterocycles. The molecule has 0 fully saturated rings. The smallest absolute Gasteiger partial charge is 0.119 e. The molecule has 0 unspecified atom stereocenters. The van der Waals surface area contributed by atoms with Crippen LogP contribution in [0.5, 0.6) is 5.75 Å².